The van der Waals surface area contributed by atoms with E-state index in [9.17, 15) is 9.90 Å². The molecule has 26 heavy (non-hydrogen) atoms. The van der Waals surface area contributed by atoms with Gasteiger partial charge in [-0.25, -0.2) is 0 Å². The minimum atomic E-state index is -0.519. The second-order valence-corrected chi connectivity index (χ2v) is 6.49. The summed E-state index contributed by atoms with van der Waals surface area (Å²) in [7, 11) is 0. The van der Waals surface area contributed by atoms with Gasteiger partial charge in [0.25, 0.3) is 5.91 Å². The first-order valence-corrected chi connectivity index (χ1v) is 8.45. The molecular weight excluding hydrogens is 352 g/mol. The fourth-order valence-corrected chi connectivity index (χ4v) is 3.31. The molecule has 6 heteroatoms. The van der Waals surface area contributed by atoms with E-state index in [0.29, 0.717) is 22.2 Å². The number of amides is 1. The number of hydrogen-bond acceptors (Lipinski definition) is 4. The van der Waals surface area contributed by atoms with E-state index in [0.717, 1.165) is 11.1 Å². The third-order valence-corrected chi connectivity index (χ3v) is 4.59. The Hall–Kier alpha value is -3.05. The highest BCUT2D eigenvalue weighted by atomic mass is 35.5. The number of aryl methyl sites for hydroxylation is 1. The molecule has 0 radical (unpaired) electrons. The van der Waals surface area contributed by atoms with Crippen molar-refractivity contribution in [3.8, 4) is 0 Å². The quantitative estimate of drug-likeness (QED) is 0.730. The average molecular weight is 367 g/mol. The van der Waals surface area contributed by atoms with Gasteiger partial charge in [-0.1, -0.05) is 59.2 Å². The van der Waals surface area contributed by atoms with Crippen molar-refractivity contribution in [1.82, 2.24) is 5.16 Å². The Kier molecular flexibility index (Phi) is 4.01. The minimum Gasteiger partial charge on any atom is -0.503 e. The van der Waals surface area contributed by atoms with Gasteiger partial charge in [0.2, 0.25) is 0 Å². The van der Waals surface area contributed by atoms with Crippen molar-refractivity contribution in [2.24, 2.45) is 0 Å². The Bertz CT molecular complexity index is 993. The highest BCUT2D eigenvalue weighted by Gasteiger charge is 2.43. The molecule has 1 amide bonds. The first-order chi connectivity index (χ1) is 12.6. The molecular formula is C20H15ClN2O3. The number of carbonyl (C=O) groups is 1. The minimum absolute atomic E-state index is 0.304. The van der Waals surface area contributed by atoms with Crippen LogP contribution >= 0.6 is 11.6 Å². The second-order valence-electron chi connectivity index (χ2n) is 6.05. The Morgan fingerprint density at radius 1 is 1.12 bits per heavy atom. The van der Waals surface area contributed by atoms with Gasteiger partial charge >= 0.3 is 0 Å². The van der Waals surface area contributed by atoms with Crippen LogP contribution in [0.25, 0.3) is 5.57 Å². The van der Waals surface area contributed by atoms with Crippen LogP contribution in [0.1, 0.15) is 22.9 Å². The van der Waals surface area contributed by atoms with Crippen LogP contribution in [0.3, 0.4) is 0 Å². The average Bonchev–Trinajstić information content (AvgIpc) is 3.18. The maximum absolute atomic E-state index is 12.9. The molecule has 1 atom stereocenters. The highest BCUT2D eigenvalue weighted by molar-refractivity contribution is 6.30. The van der Waals surface area contributed by atoms with Crippen LogP contribution in [0.2, 0.25) is 5.02 Å². The molecule has 0 saturated carbocycles. The molecule has 0 fully saturated rings. The molecule has 0 saturated heterocycles. The lowest BCUT2D eigenvalue weighted by Crippen LogP contribution is -2.30. The molecule has 2 aromatic carbocycles. The lowest BCUT2D eigenvalue weighted by atomic mass is 9.93. The maximum atomic E-state index is 12.9. The first kappa shape index (κ1) is 16.4. The Morgan fingerprint density at radius 2 is 1.81 bits per heavy atom. The van der Waals surface area contributed by atoms with Crippen LogP contribution < -0.4 is 4.90 Å². The molecule has 1 aliphatic rings. The van der Waals surface area contributed by atoms with Crippen molar-refractivity contribution >= 4 is 28.9 Å². The van der Waals surface area contributed by atoms with Gasteiger partial charge in [-0.15, -0.1) is 0 Å². The van der Waals surface area contributed by atoms with Crippen molar-refractivity contribution in [3.63, 3.8) is 0 Å². The summed E-state index contributed by atoms with van der Waals surface area (Å²) in [5, 5.41) is 15.2. The summed E-state index contributed by atoms with van der Waals surface area (Å²) in [6.07, 6.45) is 0. The SMILES string of the molecule is Cc1cc(N2C(=O)C(O)=C(c3ccc(Cl)cc3)C2c2ccccc2)no1. The predicted molar refractivity (Wildman–Crippen MR) is 98.9 cm³/mol. The van der Waals surface area contributed by atoms with E-state index in [1.54, 1.807) is 37.3 Å². The number of aliphatic hydroxyl groups is 1. The third kappa shape index (κ3) is 2.66. The highest BCUT2D eigenvalue weighted by Crippen LogP contribution is 2.45. The second kappa shape index (κ2) is 6.35. The molecule has 0 spiro atoms. The molecule has 4 rings (SSSR count). The summed E-state index contributed by atoms with van der Waals surface area (Å²) in [5.41, 5.74) is 2.09. The molecule has 0 aliphatic carbocycles. The Labute approximate surface area is 155 Å². The summed E-state index contributed by atoms with van der Waals surface area (Å²) < 4.78 is 5.14. The lowest BCUT2D eigenvalue weighted by molar-refractivity contribution is -0.117. The standard InChI is InChI=1S/C20H15ClN2O3/c1-12-11-16(22-26-12)23-18(14-5-3-2-4-6-14)17(19(24)20(23)25)13-7-9-15(21)10-8-13/h2-11,18,24H,1H3. The summed E-state index contributed by atoms with van der Waals surface area (Å²) in [6.45, 7) is 1.75. The van der Waals surface area contributed by atoms with E-state index in [1.165, 1.54) is 4.90 Å². The number of carbonyl (C=O) groups excluding carboxylic acids is 1. The fourth-order valence-electron chi connectivity index (χ4n) is 3.18. The maximum Gasteiger partial charge on any atom is 0.295 e. The Balaban J connectivity index is 1.90. The molecule has 1 unspecified atom stereocenters. The van der Waals surface area contributed by atoms with Gasteiger partial charge in [0.05, 0.1) is 6.04 Å². The smallest absolute Gasteiger partial charge is 0.295 e. The van der Waals surface area contributed by atoms with Crippen LogP contribution in [-0.4, -0.2) is 16.2 Å². The summed E-state index contributed by atoms with van der Waals surface area (Å²) >= 11 is 5.99. The Morgan fingerprint density at radius 3 is 2.42 bits per heavy atom. The van der Waals surface area contributed by atoms with E-state index >= 15 is 0 Å². The van der Waals surface area contributed by atoms with Crippen LogP contribution in [0, 0.1) is 6.92 Å². The third-order valence-electron chi connectivity index (χ3n) is 4.34. The van der Waals surface area contributed by atoms with Crippen molar-refractivity contribution in [2.75, 3.05) is 4.90 Å². The van der Waals surface area contributed by atoms with Gasteiger partial charge in [-0.2, -0.15) is 0 Å². The van der Waals surface area contributed by atoms with Crippen molar-refractivity contribution in [1.29, 1.82) is 0 Å². The molecule has 1 aromatic heterocycles. The van der Waals surface area contributed by atoms with Gasteiger partial charge in [0.15, 0.2) is 11.6 Å². The largest absolute Gasteiger partial charge is 0.503 e. The van der Waals surface area contributed by atoms with Gasteiger partial charge in [0, 0.05) is 16.7 Å². The number of rotatable bonds is 3. The zero-order valence-electron chi connectivity index (χ0n) is 13.9. The van der Waals surface area contributed by atoms with Crippen LogP contribution in [0.15, 0.2) is 70.9 Å². The van der Waals surface area contributed by atoms with Crippen LogP contribution in [0.5, 0.6) is 0 Å². The summed E-state index contributed by atoms with van der Waals surface area (Å²) in [5.74, 6) is 0.120. The van der Waals surface area contributed by atoms with E-state index in [-0.39, 0.29) is 5.76 Å². The number of hydrogen-bond donors (Lipinski definition) is 1. The number of aromatic nitrogens is 1. The normalized spacial score (nSPS) is 17.2. The molecule has 0 bridgehead atoms. The monoisotopic (exact) mass is 366 g/mol. The van der Waals surface area contributed by atoms with E-state index in [1.807, 2.05) is 30.3 Å². The van der Waals surface area contributed by atoms with Crippen molar-refractivity contribution < 1.29 is 14.4 Å². The van der Waals surface area contributed by atoms with Crippen molar-refractivity contribution in [2.45, 2.75) is 13.0 Å². The number of halogens is 1. The van der Waals surface area contributed by atoms with Crippen LogP contribution in [0.4, 0.5) is 5.82 Å². The van der Waals surface area contributed by atoms with E-state index < -0.39 is 11.9 Å². The zero-order chi connectivity index (χ0) is 18.3. The molecule has 2 heterocycles. The van der Waals surface area contributed by atoms with Crippen LogP contribution in [-0.2, 0) is 4.79 Å². The number of nitrogens with zero attached hydrogens (tertiary/aromatic N) is 2. The van der Waals surface area contributed by atoms with Gasteiger partial charge in [-0.05, 0) is 30.2 Å². The van der Waals surface area contributed by atoms with Crippen molar-refractivity contribution in [3.05, 3.63) is 88.3 Å². The number of benzene rings is 2. The fraction of sp³-hybridized carbons (Fsp3) is 0.100. The van der Waals surface area contributed by atoms with Gasteiger partial charge in [0.1, 0.15) is 5.76 Å². The lowest BCUT2D eigenvalue weighted by Gasteiger charge is -2.25. The topological polar surface area (TPSA) is 66.6 Å². The summed E-state index contributed by atoms with van der Waals surface area (Å²) in [6, 6.07) is 17.7. The first-order valence-electron chi connectivity index (χ1n) is 8.07. The number of aliphatic hydroxyl groups excluding tert-OH is 1. The van der Waals surface area contributed by atoms with Gasteiger partial charge < -0.3 is 9.63 Å². The molecule has 130 valence electrons. The zero-order valence-corrected chi connectivity index (χ0v) is 14.6. The van der Waals surface area contributed by atoms with Gasteiger partial charge in [-0.3, -0.25) is 9.69 Å². The van der Waals surface area contributed by atoms with E-state index in [4.69, 9.17) is 16.1 Å². The molecule has 1 N–H and O–H groups in total. The van der Waals surface area contributed by atoms with E-state index in [2.05, 4.69) is 5.16 Å². The molecule has 3 aromatic rings. The summed E-state index contributed by atoms with van der Waals surface area (Å²) in [4.78, 5) is 14.3. The molecule has 5 nitrogen and oxygen atoms in total. The number of anilines is 1. The predicted octanol–water partition coefficient (Wildman–Crippen LogP) is 4.69. The molecule has 1 aliphatic heterocycles.